The molecule has 1 heterocycles. The van der Waals surface area contributed by atoms with Gasteiger partial charge in [-0.1, -0.05) is 39.0 Å². The van der Waals surface area contributed by atoms with Crippen molar-refractivity contribution in [2.45, 2.75) is 97.6 Å². The van der Waals surface area contributed by atoms with Gasteiger partial charge < -0.3 is 5.11 Å². The maximum absolute atomic E-state index is 13.6. The highest BCUT2D eigenvalue weighted by molar-refractivity contribution is 5.83. The zero-order chi connectivity index (χ0) is 23.9. The molecule has 0 amide bonds. The summed E-state index contributed by atoms with van der Waals surface area (Å²) in [5.74, 6) is 2.70. The second-order valence-electron chi connectivity index (χ2n) is 13.6. The zero-order valence-corrected chi connectivity index (χ0v) is 21.5. The summed E-state index contributed by atoms with van der Waals surface area (Å²) in [5, 5.41) is 16.7. The van der Waals surface area contributed by atoms with Crippen LogP contribution in [0.2, 0.25) is 0 Å². The summed E-state index contributed by atoms with van der Waals surface area (Å²) in [4.78, 5) is 13.6. The topological polar surface area (TPSA) is 55.1 Å². The van der Waals surface area contributed by atoms with Gasteiger partial charge in [0.05, 0.1) is 17.7 Å². The molecule has 1 aromatic carbocycles. The van der Waals surface area contributed by atoms with E-state index in [0.717, 1.165) is 48.4 Å². The van der Waals surface area contributed by atoms with Crippen molar-refractivity contribution in [1.82, 2.24) is 9.78 Å². The molecule has 4 fully saturated rings. The Kier molecular flexibility index (Phi) is 4.96. The molecule has 4 aliphatic carbocycles. The van der Waals surface area contributed by atoms with Gasteiger partial charge in [-0.3, -0.25) is 9.48 Å². The van der Waals surface area contributed by atoms with Crippen LogP contribution in [0.1, 0.15) is 85.5 Å². The molecule has 4 aliphatic rings. The lowest BCUT2D eigenvalue weighted by Gasteiger charge is -2.66. The number of Topliss-reactive ketones (excluding diaryl/α,β-unsaturated/α-hetero) is 1. The lowest BCUT2D eigenvalue weighted by atomic mass is 9.39. The van der Waals surface area contributed by atoms with Gasteiger partial charge in [0.1, 0.15) is 0 Å². The van der Waals surface area contributed by atoms with Crippen molar-refractivity contribution in [2.75, 3.05) is 0 Å². The first-order chi connectivity index (χ1) is 16.0. The lowest BCUT2D eigenvalue weighted by molar-refractivity contribution is -0.189. The van der Waals surface area contributed by atoms with Gasteiger partial charge in [0.15, 0.2) is 5.78 Å². The fourth-order valence-electron chi connectivity index (χ4n) is 9.83. The highest BCUT2D eigenvalue weighted by Gasteiger charge is 2.64. The minimum atomic E-state index is -0.507. The van der Waals surface area contributed by atoms with Gasteiger partial charge in [0.2, 0.25) is 0 Å². The van der Waals surface area contributed by atoms with Gasteiger partial charge in [0.25, 0.3) is 0 Å². The predicted octanol–water partition coefficient (Wildman–Crippen LogP) is 6.41. The summed E-state index contributed by atoms with van der Waals surface area (Å²) in [6.07, 6.45) is 12.2. The van der Waals surface area contributed by atoms with Crippen LogP contribution in [0, 0.1) is 39.9 Å². The van der Waals surface area contributed by atoms with Crippen LogP contribution in [0.5, 0.6) is 0 Å². The third-order valence-electron chi connectivity index (χ3n) is 11.8. The number of aromatic nitrogens is 2. The first-order valence-corrected chi connectivity index (χ1v) is 13.7. The number of hydrogen-bond acceptors (Lipinski definition) is 3. The Morgan fingerprint density at radius 2 is 1.79 bits per heavy atom. The molecule has 0 saturated heterocycles. The molecular formula is C30H42N2O2. The van der Waals surface area contributed by atoms with Gasteiger partial charge >= 0.3 is 0 Å². The van der Waals surface area contributed by atoms with E-state index < -0.39 is 5.60 Å². The van der Waals surface area contributed by atoms with Crippen LogP contribution in [0.15, 0.2) is 30.5 Å². The molecule has 1 N–H and O–H groups in total. The molecule has 0 unspecified atom stereocenters. The van der Waals surface area contributed by atoms with E-state index in [4.69, 9.17) is 0 Å². The maximum atomic E-state index is 13.6. The van der Waals surface area contributed by atoms with Crippen LogP contribution in [0.25, 0.3) is 10.9 Å². The zero-order valence-electron chi connectivity index (χ0n) is 21.5. The Bertz CT molecular complexity index is 1090. The fraction of sp³-hybridized carbons (Fsp3) is 0.733. The van der Waals surface area contributed by atoms with Crippen LogP contribution in [0.4, 0.5) is 0 Å². The van der Waals surface area contributed by atoms with Crippen molar-refractivity contribution < 1.29 is 9.90 Å². The van der Waals surface area contributed by atoms with Crippen molar-refractivity contribution in [1.29, 1.82) is 0 Å². The molecule has 4 saturated carbocycles. The summed E-state index contributed by atoms with van der Waals surface area (Å²) in [6.45, 7) is 9.93. The molecule has 0 spiro atoms. The van der Waals surface area contributed by atoms with Crippen LogP contribution in [-0.4, -0.2) is 26.3 Å². The first-order valence-electron chi connectivity index (χ1n) is 13.7. The highest BCUT2D eigenvalue weighted by atomic mass is 16.3. The molecule has 4 heteroatoms. The van der Waals surface area contributed by atoms with E-state index in [1.807, 2.05) is 29.1 Å². The molecular weight excluding hydrogens is 420 g/mol. The standard InChI is InChI=1S/C30H42N2O2/c1-27-13-11-21-22-9-10-24(26(33)18-32-17-20-7-5-6-8-25(20)31-32)29(22,3)14-12-23(21)30(27,4)16-15-28(2,34)19-27/h5-8,17,21-24,34H,9-16,18-19H2,1-4H3/t21-,22-,23-,24+,27+,28+,29-,30+/m0/s1. The fourth-order valence-corrected chi connectivity index (χ4v) is 9.83. The first kappa shape index (κ1) is 22.8. The lowest BCUT2D eigenvalue weighted by Crippen LogP contribution is -2.60. The van der Waals surface area contributed by atoms with E-state index >= 15 is 0 Å². The molecule has 8 atom stereocenters. The minimum Gasteiger partial charge on any atom is -0.390 e. The summed E-state index contributed by atoms with van der Waals surface area (Å²) in [7, 11) is 0. The molecule has 2 aromatic rings. The number of aliphatic hydroxyl groups is 1. The molecule has 4 nitrogen and oxygen atoms in total. The number of carbonyl (C=O) groups excluding carboxylic acids is 1. The Morgan fingerprint density at radius 3 is 2.59 bits per heavy atom. The number of rotatable bonds is 3. The van der Waals surface area contributed by atoms with E-state index in [-0.39, 0.29) is 16.7 Å². The highest BCUT2D eigenvalue weighted by Crippen LogP contribution is 2.71. The molecule has 0 aliphatic heterocycles. The molecule has 34 heavy (non-hydrogen) atoms. The molecule has 0 bridgehead atoms. The normalized spacial score (nSPS) is 46.0. The molecule has 1 aromatic heterocycles. The van der Waals surface area contributed by atoms with E-state index in [2.05, 4.69) is 38.9 Å². The number of carbonyl (C=O) groups is 1. The van der Waals surface area contributed by atoms with Crippen LogP contribution in [-0.2, 0) is 11.3 Å². The number of hydrogen-bond donors (Lipinski definition) is 1. The molecule has 6 rings (SSSR count). The second-order valence-corrected chi connectivity index (χ2v) is 13.6. The van der Waals surface area contributed by atoms with E-state index in [9.17, 15) is 9.90 Å². The average Bonchev–Trinajstić information content (AvgIpc) is 3.34. The van der Waals surface area contributed by atoms with Gasteiger partial charge in [-0.15, -0.1) is 0 Å². The Labute approximate surface area is 204 Å². The van der Waals surface area contributed by atoms with E-state index in [1.54, 1.807) is 0 Å². The average molecular weight is 463 g/mol. The number of fused-ring (bicyclic) bond motifs is 6. The van der Waals surface area contributed by atoms with Gasteiger partial charge in [-0.25, -0.2) is 0 Å². The summed E-state index contributed by atoms with van der Waals surface area (Å²) in [6, 6.07) is 8.12. The number of ketones is 1. The number of benzene rings is 1. The van der Waals surface area contributed by atoms with Crippen molar-refractivity contribution in [3.63, 3.8) is 0 Å². The summed E-state index contributed by atoms with van der Waals surface area (Å²) >= 11 is 0. The van der Waals surface area contributed by atoms with Crippen molar-refractivity contribution in [3.05, 3.63) is 30.5 Å². The second kappa shape index (κ2) is 7.41. The SMILES string of the molecule is C[C@@]1(O)CC[C@]2(C)[C@H]3CC[C@]4(C)[C@@H](C(=O)Cn5cc6ccccc6n5)CC[C@H]4[C@@H]3CC[C@]2(C)C1. The van der Waals surface area contributed by atoms with E-state index in [1.165, 1.54) is 32.1 Å². The van der Waals surface area contributed by atoms with Crippen molar-refractivity contribution in [3.8, 4) is 0 Å². The Morgan fingerprint density at radius 1 is 1.00 bits per heavy atom. The quantitative estimate of drug-likeness (QED) is 0.574. The van der Waals surface area contributed by atoms with Crippen molar-refractivity contribution in [2.24, 2.45) is 39.9 Å². The van der Waals surface area contributed by atoms with Gasteiger partial charge in [0, 0.05) is 17.5 Å². The Balaban J connectivity index is 1.22. The summed E-state index contributed by atoms with van der Waals surface area (Å²) < 4.78 is 1.87. The Hall–Kier alpha value is -1.68. The smallest absolute Gasteiger partial charge is 0.157 e. The monoisotopic (exact) mass is 462 g/mol. The number of nitrogens with zero attached hydrogens (tertiary/aromatic N) is 2. The van der Waals surface area contributed by atoms with Gasteiger partial charge in [-0.2, -0.15) is 5.10 Å². The third kappa shape index (κ3) is 3.20. The maximum Gasteiger partial charge on any atom is 0.157 e. The van der Waals surface area contributed by atoms with Crippen molar-refractivity contribution >= 4 is 16.7 Å². The van der Waals surface area contributed by atoms with E-state index in [0.29, 0.717) is 23.7 Å². The largest absolute Gasteiger partial charge is 0.390 e. The van der Waals surface area contributed by atoms with Crippen LogP contribution < -0.4 is 0 Å². The minimum absolute atomic E-state index is 0.134. The van der Waals surface area contributed by atoms with Crippen LogP contribution >= 0.6 is 0 Å². The predicted molar refractivity (Wildman–Crippen MR) is 135 cm³/mol. The molecule has 0 radical (unpaired) electrons. The van der Waals surface area contributed by atoms with Gasteiger partial charge in [-0.05, 0) is 105 Å². The third-order valence-corrected chi connectivity index (χ3v) is 11.8. The van der Waals surface area contributed by atoms with Crippen LogP contribution in [0.3, 0.4) is 0 Å². The summed E-state index contributed by atoms with van der Waals surface area (Å²) in [5.41, 5.74) is 1.15. The molecule has 184 valence electrons.